The second kappa shape index (κ2) is 6.39. The van der Waals surface area contributed by atoms with Crippen LogP contribution in [0.1, 0.15) is 22.3 Å². The van der Waals surface area contributed by atoms with Gasteiger partial charge in [-0.15, -0.1) is 0 Å². The van der Waals surface area contributed by atoms with Gasteiger partial charge in [-0.25, -0.2) is 0 Å². The summed E-state index contributed by atoms with van der Waals surface area (Å²) < 4.78 is 5.11. The van der Waals surface area contributed by atoms with E-state index >= 15 is 0 Å². The summed E-state index contributed by atoms with van der Waals surface area (Å²) in [4.78, 5) is 12.1. The van der Waals surface area contributed by atoms with Crippen LogP contribution in [0.25, 0.3) is 0 Å². The average Bonchev–Trinajstić information content (AvgIpc) is 2.45. The normalized spacial score (nSPS) is 10.2. The summed E-state index contributed by atoms with van der Waals surface area (Å²) in [5.41, 5.74) is 1.75. The van der Waals surface area contributed by atoms with Gasteiger partial charge in [0.2, 0.25) is 0 Å². The van der Waals surface area contributed by atoms with Gasteiger partial charge in [0.1, 0.15) is 5.75 Å². The second-order valence-electron chi connectivity index (χ2n) is 4.29. The van der Waals surface area contributed by atoms with Crippen LogP contribution < -0.4 is 4.74 Å². The molecule has 0 aliphatic carbocycles. The van der Waals surface area contributed by atoms with Crippen LogP contribution in [-0.2, 0) is 6.42 Å². The molecule has 0 aliphatic heterocycles. The summed E-state index contributed by atoms with van der Waals surface area (Å²) in [6.07, 6.45) is 1.16. The number of aryl methyl sites for hydroxylation is 1. The van der Waals surface area contributed by atoms with Crippen molar-refractivity contribution in [2.75, 3.05) is 7.11 Å². The number of Topliss-reactive ketones (excluding diaryl/α,β-unsaturated/α-hetero) is 1. The van der Waals surface area contributed by atoms with Crippen molar-refractivity contribution in [2.24, 2.45) is 0 Å². The maximum absolute atomic E-state index is 12.1. The van der Waals surface area contributed by atoms with E-state index in [4.69, 9.17) is 16.3 Å². The quantitative estimate of drug-likeness (QED) is 0.765. The molecule has 0 fully saturated rings. The van der Waals surface area contributed by atoms with Gasteiger partial charge in [0.05, 0.1) is 7.11 Å². The molecule has 2 rings (SSSR count). The number of methoxy groups -OCH3 is 1. The number of ketones is 1. The van der Waals surface area contributed by atoms with Gasteiger partial charge in [0.25, 0.3) is 0 Å². The van der Waals surface area contributed by atoms with E-state index in [0.717, 1.165) is 5.56 Å². The SMILES string of the molecule is COc1cccc(C(=O)CCc2cccc(Cl)c2)c1. The van der Waals surface area contributed by atoms with E-state index in [2.05, 4.69) is 0 Å². The summed E-state index contributed by atoms with van der Waals surface area (Å²) in [5, 5.41) is 0.700. The number of hydrogen-bond donors (Lipinski definition) is 0. The van der Waals surface area contributed by atoms with E-state index in [1.807, 2.05) is 42.5 Å². The maximum atomic E-state index is 12.1. The lowest BCUT2D eigenvalue weighted by atomic mass is 10.0. The highest BCUT2D eigenvalue weighted by atomic mass is 35.5. The fraction of sp³-hybridized carbons (Fsp3) is 0.188. The average molecular weight is 275 g/mol. The molecule has 0 heterocycles. The molecule has 0 N–H and O–H groups in total. The number of ether oxygens (including phenoxy) is 1. The molecule has 2 nitrogen and oxygen atoms in total. The molecule has 0 aromatic heterocycles. The Hall–Kier alpha value is -1.80. The first-order chi connectivity index (χ1) is 9.19. The highest BCUT2D eigenvalue weighted by molar-refractivity contribution is 6.30. The third kappa shape index (κ3) is 3.83. The molecule has 0 atom stereocenters. The van der Waals surface area contributed by atoms with Gasteiger partial charge in [-0.3, -0.25) is 4.79 Å². The van der Waals surface area contributed by atoms with Crippen LogP contribution in [0.3, 0.4) is 0 Å². The monoisotopic (exact) mass is 274 g/mol. The fourth-order valence-electron chi connectivity index (χ4n) is 1.89. The van der Waals surface area contributed by atoms with E-state index < -0.39 is 0 Å². The molecule has 2 aromatic carbocycles. The standard InChI is InChI=1S/C16H15ClO2/c1-19-15-7-3-5-13(11-15)16(18)9-8-12-4-2-6-14(17)10-12/h2-7,10-11H,8-9H2,1H3. The van der Waals surface area contributed by atoms with Crippen molar-refractivity contribution in [3.8, 4) is 5.75 Å². The Balaban J connectivity index is 2.01. The molecular formula is C16H15ClO2. The summed E-state index contributed by atoms with van der Waals surface area (Å²) in [5.74, 6) is 0.812. The van der Waals surface area contributed by atoms with Gasteiger partial charge in [0.15, 0.2) is 5.78 Å². The Labute approximate surface area is 118 Å². The summed E-state index contributed by atoms with van der Waals surface area (Å²) in [7, 11) is 1.59. The number of benzene rings is 2. The lowest BCUT2D eigenvalue weighted by Crippen LogP contribution is -2.01. The van der Waals surface area contributed by atoms with Crippen molar-refractivity contribution >= 4 is 17.4 Å². The van der Waals surface area contributed by atoms with Crippen LogP contribution in [0.5, 0.6) is 5.75 Å². The van der Waals surface area contributed by atoms with E-state index in [9.17, 15) is 4.79 Å². The lowest BCUT2D eigenvalue weighted by Gasteiger charge is -2.04. The van der Waals surface area contributed by atoms with Crippen LogP contribution >= 0.6 is 11.6 Å². The summed E-state index contributed by atoms with van der Waals surface area (Å²) >= 11 is 5.92. The minimum Gasteiger partial charge on any atom is -0.497 e. The number of hydrogen-bond acceptors (Lipinski definition) is 2. The molecule has 2 aromatic rings. The highest BCUT2D eigenvalue weighted by Gasteiger charge is 2.07. The van der Waals surface area contributed by atoms with Gasteiger partial charge >= 0.3 is 0 Å². The zero-order chi connectivity index (χ0) is 13.7. The van der Waals surface area contributed by atoms with E-state index in [-0.39, 0.29) is 5.78 Å². The largest absolute Gasteiger partial charge is 0.497 e. The number of carbonyl (C=O) groups is 1. The minimum absolute atomic E-state index is 0.110. The van der Waals surface area contributed by atoms with E-state index in [0.29, 0.717) is 29.2 Å². The first-order valence-electron chi connectivity index (χ1n) is 6.11. The van der Waals surface area contributed by atoms with Gasteiger partial charge in [0, 0.05) is 17.0 Å². The van der Waals surface area contributed by atoms with Gasteiger partial charge in [-0.2, -0.15) is 0 Å². The summed E-state index contributed by atoms with van der Waals surface area (Å²) in [6, 6.07) is 14.8. The topological polar surface area (TPSA) is 26.3 Å². The molecule has 0 saturated carbocycles. The predicted octanol–water partition coefficient (Wildman–Crippen LogP) is 4.16. The first-order valence-corrected chi connectivity index (χ1v) is 6.48. The van der Waals surface area contributed by atoms with Crippen molar-refractivity contribution in [3.05, 3.63) is 64.7 Å². The van der Waals surface area contributed by atoms with Crippen LogP contribution in [0.2, 0.25) is 5.02 Å². The number of rotatable bonds is 5. The van der Waals surface area contributed by atoms with Gasteiger partial charge in [-0.1, -0.05) is 35.9 Å². The first kappa shape index (κ1) is 13.6. The van der Waals surface area contributed by atoms with Gasteiger partial charge < -0.3 is 4.74 Å². The molecule has 3 heteroatoms. The predicted molar refractivity (Wildman–Crippen MR) is 77.1 cm³/mol. The molecule has 19 heavy (non-hydrogen) atoms. The molecule has 0 aliphatic rings. The molecule has 0 spiro atoms. The highest BCUT2D eigenvalue weighted by Crippen LogP contribution is 2.16. The Morgan fingerprint density at radius 3 is 2.68 bits per heavy atom. The summed E-state index contributed by atoms with van der Waals surface area (Å²) in [6.45, 7) is 0. The Morgan fingerprint density at radius 1 is 1.16 bits per heavy atom. The van der Waals surface area contributed by atoms with E-state index in [1.165, 1.54) is 0 Å². The number of carbonyl (C=O) groups excluding carboxylic acids is 1. The Kier molecular flexibility index (Phi) is 4.58. The third-order valence-corrected chi connectivity index (χ3v) is 3.16. The maximum Gasteiger partial charge on any atom is 0.163 e. The fourth-order valence-corrected chi connectivity index (χ4v) is 2.10. The lowest BCUT2D eigenvalue weighted by molar-refractivity contribution is 0.0982. The smallest absolute Gasteiger partial charge is 0.163 e. The van der Waals surface area contributed by atoms with Crippen molar-refractivity contribution in [1.29, 1.82) is 0 Å². The third-order valence-electron chi connectivity index (χ3n) is 2.92. The van der Waals surface area contributed by atoms with Crippen LogP contribution in [-0.4, -0.2) is 12.9 Å². The van der Waals surface area contributed by atoms with Crippen molar-refractivity contribution in [2.45, 2.75) is 12.8 Å². The van der Waals surface area contributed by atoms with Gasteiger partial charge in [-0.05, 0) is 36.2 Å². The van der Waals surface area contributed by atoms with Crippen LogP contribution in [0.4, 0.5) is 0 Å². The van der Waals surface area contributed by atoms with Crippen molar-refractivity contribution < 1.29 is 9.53 Å². The molecule has 0 saturated heterocycles. The van der Waals surface area contributed by atoms with Crippen LogP contribution in [0, 0.1) is 0 Å². The Bertz CT molecular complexity index is 578. The van der Waals surface area contributed by atoms with Crippen molar-refractivity contribution in [1.82, 2.24) is 0 Å². The molecule has 0 unspecified atom stereocenters. The van der Waals surface area contributed by atoms with Crippen molar-refractivity contribution in [3.63, 3.8) is 0 Å². The number of halogens is 1. The molecule has 0 amide bonds. The van der Waals surface area contributed by atoms with E-state index in [1.54, 1.807) is 13.2 Å². The zero-order valence-corrected chi connectivity index (χ0v) is 11.5. The zero-order valence-electron chi connectivity index (χ0n) is 10.7. The Morgan fingerprint density at radius 2 is 1.95 bits per heavy atom. The molecule has 0 bridgehead atoms. The molecule has 98 valence electrons. The minimum atomic E-state index is 0.110. The molecule has 0 radical (unpaired) electrons. The van der Waals surface area contributed by atoms with Crippen LogP contribution in [0.15, 0.2) is 48.5 Å². The second-order valence-corrected chi connectivity index (χ2v) is 4.72. The molecular weight excluding hydrogens is 260 g/mol.